The lowest BCUT2D eigenvalue weighted by molar-refractivity contribution is -0.115. The van der Waals surface area contributed by atoms with Crippen molar-refractivity contribution in [2.24, 2.45) is 0 Å². The molecule has 0 spiro atoms. The van der Waals surface area contributed by atoms with Crippen LogP contribution in [0.2, 0.25) is 5.02 Å². The Balaban J connectivity index is 1.77. The molecule has 0 atom stereocenters. The predicted octanol–water partition coefficient (Wildman–Crippen LogP) is 4.20. The number of nitrogens with one attached hydrogen (secondary N) is 1. The van der Waals surface area contributed by atoms with Gasteiger partial charge in [0.1, 0.15) is 0 Å². The van der Waals surface area contributed by atoms with Crippen LogP contribution in [-0.2, 0) is 17.8 Å². The van der Waals surface area contributed by atoms with Crippen molar-refractivity contribution < 1.29 is 4.79 Å². The second-order valence-electron chi connectivity index (χ2n) is 7.52. The van der Waals surface area contributed by atoms with Crippen LogP contribution in [0.25, 0.3) is 17.2 Å². The number of nitrogens with zero attached hydrogens (tertiary/aromatic N) is 4. The van der Waals surface area contributed by atoms with E-state index in [1.165, 1.54) is 4.52 Å². The minimum atomic E-state index is -0.370. The number of halogens is 1. The first-order chi connectivity index (χ1) is 15.4. The lowest BCUT2D eigenvalue weighted by Crippen LogP contribution is -2.29. The van der Waals surface area contributed by atoms with Crippen LogP contribution in [-0.4, -0.2) is 25.1 Å². The van der Waals surface area contributed by atoms with Gasteiger partial charge in [0.2, 0.25) is 11.7 Å². The Bertz CT molecular complexity index is 1390. The van der Waals surface area contributed by atoms with Crippen molar-refractivity contribution >= 4 is 29.0 Å². The molecule has 0 bridgehead atoms. The highest BCUT2D eigenvalue weighted by atomic mass is 35.5. The lowest BCUT2D eigenvalue weighted by atomic mass is 10.1. The molecule has 1 N–H and O–H groups in total. The highest BCUT2D eigenvalue weighted by Crippen LogP contribution is 2.19. The van der Waals surface area contributed by atoms with Crippen LogP contribution >= 0.6 is 11.6 Å². The van der Waals surface area contributed by atoms with E-state index in [1.54, 1.807) is 37.3 Å². The van der Waals surface area contributed by atoms with Gasteiger partial charge in [0.05, 0.1) is 6.42 Å². The SMILES string of the molecule is C=CCn1c(C)c(CC(=O)Nc2cccc(Cl)c2)c(=O)n2nc(-c3ccc(C)cc3)nc12. The maximum Gasteiger partial charge on any atom is 0.279 e. The van der Waals surface area contributed by atoms with E-state index in [0.717, 1.165) is 11.1 Å². The number of carbonyl (C=O) groups is 1. The predicted molar refractivity (Wildman–Crippen MR) is 126 cm³/mol. The molecule has 0 radical (unpaired) electrons. The summed E-state index contributed by atoms with van der Waals surface area (Å²) in [7, 11) is 0. The van der Waals surface area contributed by atoms with E-state index in [2.05, 4.69) is 22.0 Å². The van der Waals surface area contributed by atoms with Crippen molar-refractivity contribution in [3.63, 3.8) is 0 Å². The summed E-state index contributed by atoms with van der Waals surface area (Å²) in [5.74, 6) is 0.526. The van der Waals surface area contributed by atoms with Crippen LogP contribution in [0.4, 0.5) is 5.69 Å². The molecule has 162 valence electrons. The number of amides is 1. The van der Waals surface area contributed by atoms with Gasteiger partial charge in [0, 0.05) is 34.1 Å². The molecule has 4 aromatic rings. The molecule has 0 fully saturated rings. The fourth-order valence-corrected chi connectivity index (χ4v) is 3.71. The zero-order valence-corrected chi connectivity index (χ0v) is 18.6. The molecule has 0 saturated heterocycles. The number of benzene rings is 2. The molecule has 0 saturated carbocycles. The van der Waals surface area contributed by atoms with Crippen LogP contribution in [0.1, 0.15) is 16.8 Å². The largest absolute Gasteiger partial charge is 0.326 e. The smallest absolute Gasteiger partial charge is 0.279 e. The number of allylic oxidation sites excluding steroid dienone is 1. The fraction of sp³-hybridized carbons (Fsp3) is 0.167. The molecule has 0 aliphatic rings. The fourth-order valence-electron chi connectivity index (χ4n) is 3.52. The standard InChI is InChI=1S/C24H22ClN5O2/c1-4-12-29-16(3)20(14-21(31)26-19-7-5-6-18(25)13-19)23(32)30-24(29)27-22(28-30)17-10-8-15(2)9-11-17/h4-11,13H,1,12,14H2,2-3H3,(H,26,31). The molecule has 7 nitrogen and oxygen atoms in total. The van der Waals surface area contributed by atoms with Gasteiger partial charge >= 0.3 is 0 Å². The minimum absolute atomic E-state index is 0.107. The van der Waals surface area contributed by atoms with E-state index in [4.69, 9.17) is 11.6 Å². The summed E-state index contributed by atoms with van der Waals surface area (Å²) in [6.07, 6.45) is 1.61. The summed E-state index contributed by atoms with van der Waals surface area (Å²) >= 11 is 5.99. The number of carbonyl (C=O) groups excluding carboxylic acids is 1. The number of hydrogen-bond donors (Lipinski definition) is 1. The number of aromatic nitrogens is 4. The molecule has 2 aromatic carbocycles. The highest BCUT2D eigenvalue weighted by molar-refractivity contribution is 6.30. The summed E-state index contributed by atoms with van der Waals surface area (Å²) in [4.78, 5) is 30.6. The number of aryl methyl sites for hydroxylation is 1. The van der Waals surface area contributed by atoms with Gasteiger partial charge in [-0.1, -0.05) is 53.6 Å². The van der Waals surface area contributed by atoms with Crippen LogP contribution in [0.15, 0.2) is 66.0 Å². The molecule has 32 heavy (non-hydrogen) atoms. The van der Waals surface area contributed by atoms with E-state index < -0.39 is 0 Å². The normalized spacial score (nSPS) is 11.0. The van der Waals surface area contributed by atoms with Gasteiger partial charge in [-0.25, -0.2) is 0 Å². The Morgan fingerprint density at radius 2 is 1.94 bits per heavy atom. The van der Waals surface area contributed by atoms with Crippen molar-refractivity contribution in [3.05, 3.63) is 93.4 Å². The Kier molecular flexibility index (Phi) is 5.92. The lowest BCUT2D eigenvalue weighted by Gasteiger charge is -2.14. The average Bonchev–Trinajstić information content (AvgIpc) is 3.20. The van der Waals surface area contributed by atoms with Gasteiger partial charge in [-0.15, -0.1) is 11.7 Å². The Hall–Kier alpha value is -3.71. The molecule has 2 aromatic heterocycles. The first-order valence-electron chi connectivity index (χ1n) is 10.1. The molecule has 0 aliphatic carbocycles. The van der Waals surface area contributed by atoms with Crippen molar-refractivity contribution in [2.45, 2.75) is 26.8 Å². The molecule has 1 amide bonds. The first-order valence-corrected chi connectivity index (χ1v) is 10.5. The Morgan fingerprint density at radius 3 is 2.62 bits per heavy atom. The zero-order valence-electron chi connectivity index (χ0n) is 17.8. The van der Waals surface area contributed by atoms with Crippen LogP contribution in [0.5, 0.6) is 0 Å². The van der Waals surface area contributed by atoms with E-state index in [-0.39, 0.29) is 17.9 Å². The van der Waals surface area contributed by atoms with Crippen molar-refractivity contribution in [1.29, 1.82) is 0 Å². The van der Waals surface area contributed by atoms with Gasteiger partial charge in [0.25, 0.3) is 5.56 Å². The maximum absolute atomic E-state index is 13.3. The van der Waals surface area contributed by atoms with Crippen molar-refractivity contribution in [1.82, 2.24) is 19.2 Å². The van der Waals surface area contributed by atoms with E-state index in [0.29, 0.717) is 40.1 Å². The number of rotatable bonds is 6. The number of hydrogen-bond acceptors (Lipinski definition) is 4. The summed E-state index contributed by atoms with van der Waals surface area (Å²) in [6.45, 7) is 8.03. The number of fused-ring (bicyclic) bond motifs is 1. The monoisotopic (exact) mass is 447 g/mol. The molecule has 8 heteroatoms. The Morgan fingerprint density at radius 1 is 1.19 bits per heavy atom. The summed E-state index contributed by atoms with van der Waals surface area (Å²) in [5.41, 5.74) is 3.11. The number of anilines is 1. The van der Waals surface area contributed by atoms with Gasteiger partial charge in [-0.2, -0.15) is 9.50 Å². The summed E-state index contributed by atoms with van der Waals surface area (Å²) in [5, 5.41) is 7.75. The third-order valence-electron chi connectivity index (χ3n) is 5.19. The third-order valence-corrected chi connectivity index (χ3v) is 5.43. The van der Waals surface area contributed by atoms with Crippen molar-refractivity contribution in [2.75, 3.05) is 5.32 Å². The second-order valence-corrected chi connectivity index (χ2v) is 7.95. The summed E-state index contributed by atoms with van der Waals surface area (Å²) < 4.78 is 3.09. The molecule has 4 rings (SSSR count). The van der Waals surface area contributed by atoms with Gasteiger partial charge < -0.3 is 9.88 Å². The van der Waals surface area contributed by atoms with Crippen molar-refractivity contribution in [3.8, 4) is 11.4 Å². The van der Waals surface area contributed by atoms with Gasteiger partial charge in [-0.3, -0.25) is 9.59 Å². The third kappa shape index (κ3) is 4.20. The van der Waals surface area contributed by atoms with Crippen LogP contribution in [0.3, 0.4) is 0 Å². The first kappa shape index (κ1) is 21.5. The van der Waals surface area contributed by atoms with Gasteiger partial charge in [0.15, 0.2) is 5.82 Å². The van der Waals surface area contributed by atoms with E-state index in [9.17, 15) is 9.59 Å². The maximum atomic E-state index is 13.3. The second kappa shape index (κ2) is 8.80. The van der Waals surface area contributed by atoms with Crippen LogP contribution < -0.4 is 10.9 Å². The minimum Gasteiger partial charge on any atom is -0.326 e. The van der Waals surface area contributed by atoms with Crippen LogP contribution in [0, 0.1) is 13.8 Å². The molecular formula is C24H22ClN5O2. The quantitative estimate of drug-likeness (QED) is 0.449. The zero-order chi connectivity index (χ0) is 22.8. The molecular weight excluding hydrogens is 426 g/mol. The Labute approximate surface area is 190 Å². The van der Waals surface area contributed by atoms with Gasteiger partial charge in [-0.05, 0) is 32.0 Å². The molecule has 2 heterocycles. The summed E-state index contributed by atoms with van der Waals surface area (Å²) in [6, 6.07) is 14.6. The van der Waals surface area contributed by atoms with E-state index >= 15 is 0 Å². The van der Waals surface area contributed by atoms with E-state index in [1.807, 2.05) is 35.8 Å². The topological polar surface area (TPSA) is 81.3 Å². The molecule has 0 aliphatic heterocycles. The average molecular weight is 448 g/mol. The highest BCUT2D eigenvalue weighted by Gasteiger charge is 2.20. The molecule has 0 unspecified atom stereocenters.